The fourth-order valence-corrected chi connectivity index (χ4v) is 3.41. The fourth-order valence-electron chi connectivity index (χ4n) is 1.75. The summed E-state index contributed by atoms with van der Waals surface area (Å²) in [5, 5.41) is 10.5. The number of fused-ring (bicyclic) bond motifs is 2. The van der Waals surface area contributed by atoms with Gasteiger partial charge in [-0.2, -0.15) is 0 Å². The third-order valence-corrected chi connectivity index (χ3v) is 5.52. The first-order chi connectivity index (χ1) is 8.99. The van der Waals surface area contributed by atoms with Crippen LogP contribution in [0.4, 0.5) is 0 Å². The van der Waals surface area contributed by atoms with E-state index in [1.54, 1.807) is 0 Å². The fraction of sp³-hybridized carbons (Fsp3) is 0. The van der Waals surface area contributed by atoms with Gasteiger partial charge in [0.2, 0.25) is 0 Å². The third-order valence-electron chi connectivity index (χ3n) is 2.65. The summed E-state index contributed by atoms with van der Waals surface area (Å²) in [5.41, 5.74) is 2.35. The Labute approximate surface area is 138 Å². The summed E-state index contributed by atoms with van der Waals surface area (Å²) in [6.45, 7) is 0. The van der Waals surface area contributed by atoms with Gasteiger partial charge < -0.3 is 5.11 Å². The smallest absolute Gasteiger partial charge is 0.159 e. The van der Waals surface area contributed by atoms with Crippen LogP contribution in [0, 0.1) is 0 Å². The van der Waals surface area contributed by atoms with Gasteiger partial charge in [0.1, 0.15) is 11.0 Å². The van der Waals surface area contributed by atoms with Gasteiger partial charge in [0.05, 0.1) is 25.0 Å². The van der Waals surface area contributed by atoms with E-state index in [2.05, 4.69) is 57.8 Å². The molecule has 3 nitrogen and oxygen atoms in total. The molecule has 3 aromatic rings. The average Bonchev–Trinajstić information content (AvgIpc) is 2.41. The van der Waals surface area contributed by atoms with Gasteiger partial charge in [-0.1, -0.05) is 27.5 Å². The van der Waals surface area contributed by atoms with Crippen molar-refractivity contribution in [3.63, 3.8) is 0 Å². The van der Waals surface area contributed by atoms with Gasteiger partial charge in [0, 0.05) is 4.47 Å². The van der Waals surface area contributed by atoms with E-state index >= 15 is 0 Å². The number of nitrogens with zero attached hydrogens (tertiary/aromatic N) is 2. The molecule has 0 spiro atoms. The molecule has 0 amide bonds. The number of rotatable bonds is 0. The zero-order valence-corrected chi connectivity index (χ0v) is 14.6. The number of phenolic OH excluding ortho intramolecular Hbond substituents is 1. The van der Waals surface area contributed by atoms with E-state index in [9.17, 15) is 5.11 Å². The third kappa shape index (κ3) is 2.14. The largest absolute Gasteiger partial charge is 0.504 e. The summed E-state index contributed by atoms with van der Waals surface area (Å²) in [6.07, 6.45) is 0. The van der Waals surface area contributed by atoms with Crippen molar-refractivity contribution < 1.29 is 5.11 Å². The van der Waals surface area contributed by atoms with Gasteiger partial charge in [-0.05, 0) is 50.1 Å². The van der Waals surface area contributed by atoms with Crippen LogP contribution in [0.1, 0.15) is 0 Å². The lowest BCUT2D eigenvalue weighted by Gasteiger charge is -2.09. The first-order valence-electron chi connectivity index (χ1n) is 5.11. The molecule has 3 rings (SSSR count). The maximum absolute atomic E-state index is 10.1. The number of hydrogen-bond acceptors (Lipinski definition) is 3. The van der Waals surface area contributed by atoms with Gasteiger partial charge >= 0.3 is 0 Å². The number of benzene rings is 2. The molecular weight excluding hydrogens is 463 g/mol. The van der Waals surface area contributed by atoms with Gasteiger partial charge in [0.25, 0.3) is 0 Å². The lowest BCUT2D eigenvalue weighted by atomic mass is 10.2. The highest BCUT2D eigenvalue weighted by molar-refractivity contribution is 9.11. The Hall–Kier alpha value is -0.430. The highest BCUT2D eigenvalue weighted by atomic mass is 79.9. The lowest BCUT2D eigenvalue weighted by molar-refractivity contribution is 0.477. The second-order valence-electron chi connectivity index (χ2n) is 3.84. The van der Waals surface area contributed by atoms with Crippen LogP contribution in [0.2, 0.25) is 5.02 Å². The molecule has 0 unspecified atom stereocenters. The minimum absolute atomic E-state index is 0.0161. The van der Waals surface area contributed by atoms with Crippen LogP contribution in [0.3, 0.4) is 0 Å². The summed E-state index contributed by atoms with van der Waals surface area (Å²) in [5.74, 6) is -0.0161. The topological polar surface area (TPSA) is 46.0 Å². The molecule has 0 bridgehead atoms. The Morgan fingerprint density at radius 3 is 2.37 bits per heavy atom. The number of halogens is 4. The van der Waals surface area contributed by atoms with E-state index in [1.807, 2.05) is 18.2 Å². The molecule has 96 valence electrons. The zero-order chi connectivity index (χ0) is 13.7. The van der Waals surface area contributed by atoms with Crippen LogP contribution >= 0.6 is 59.4 Å². The Balaban J connectivity index is 2.55. The van der Waals surface area contributed by atoms with Crippen molar-refractivity contribution in [2.75, 3.05) is 0 Å². The molecule has 0 aliphatic carbocycles. The number of phenols is 1. The van der Waals surface area contributed by atoms with Crippen LogP contribution in [0.15, 0.2) is 31.6 Å². The summed E-state index contributed by atoms with van der Waals surface area (Å²) in [7, 11) is 0. The summed E-state index contributed by atoms with van der Waals surface area (Å²) in [4.78, 5) is 8.93. The normalized spacial score (nSPS) is 11.4. The highest BCUT2D eigenvalue weighted by Crippen LogP contribution is 2.43. The van der Waals surface area contributed by atoms with Crippen LogP contribution in [-0.2, 0) is 0 Å². The summed E-state index contributed by atoms with van der Waals surface area (Å²) < 4.78 is 1.91. The van der Waals surface area contributed by atoms with Crippen LogP contribution in [-0.4, -0.2) is 15.1 Å². The average molecular weight is 467 g/mol. The summed E-state index contributed by atoms with van der Waals surface area (Å²) >= 11 is 16.1. The number of aromatic nitrogens is 2. The first kappa shape index (κ1) is 13.5. The predicted molar refractivity (Wildman–Crippen MR) is 86.8 cm³/mol. The number of hydrogen-bond donors (Lipinski definition) is 1. The minimum Gasteiger partial charge on any atom is -0.504 e. The van der Waals surface area contributed by atoms with Gasteiger partial charge in [-0.25, -0.2) is 9.97 Å². The van der Waals surface area contributed by atoms with E-state index in [0.717, 1.165) is 9.99 Å². The lowest BCUT2D eigenvalue weighted by Crippen LogP contribution is -1.91. The SMILES string of the molecule is Oc1c(Br)c(Cl)c(Br)c2nc3ccc(Br)cc3nc12. The van der Waals surface area contributed by atoms with Gasteiger partial charge in [-0.3, -0.25) is 0 Å². The Kier molecular flexibility index (Phi) is 3.45. The maximum Gasteiger partial charge on any atom is 0.159 e. The summed E-state index contributed by atoms with van der Waals surface area (Å²) in [6, 6.07) is 5.58. The van der Waals surface area contributed by atoms with E-state index in [4.69, 9.17) is 11.6 Å². The Morgan fingerprint density at radius 2 is 1.63 bits per heavy atom. The standard InChI is InChI=1S/C12H4Br3ClN2O/c13-4-1-2-5-6(3-4)18-11-10(17-5)7(14)9(16)8(15)12(11)19/h1-3,19H. The number of aromatic hydroxyl groups is 1. The molecule has 0 aliphatic heterocycles. The second kappa shape index (κ2) is 4.84. The second-order valence-corrected chi connectivity index (χ2v) is 6.72. The van der Waals surface area contributed by atoms with Crippen molar-refractivity contribution in [1.82, 2.24) is 9.97 Å². The molecule has 7 heteroatoms. The van der Waals surface area contributed by atoms with E-state index in [-0.39, 0.29) is 5.75 Å². The molecule has 1 heterocycles. The molecule has 0 fully saturated rings. The molecule has 0 saturated carbocycles. The van der Waals surface area contributed by atoms with Crippen LogP contribution in [0.5, 0.6) is 5.75 Å². The van der Waals surface area contributed by atoms with Crippen molar-refractivity contribution in [2.45, 2.75) is 0 Å². The predicted octanol–water partition coefficient (Wildman–Crippen LogP) is 5.43. The Morgan fingerprint density at radius 1 is 0.947 bits per heavy atom. The van der Waals surface area contributed by atoms with Gasteiger partial charge in [0.15, 0.2) is 5.75 Å². The van der Waals surface area contributed by atoms with Crippen molar-refractivity contribution >= 4 is 81.5 Å². The molecule has 0 radical (unpaired) electrons. The van der Waals surface area contributed by atoms with E-state index in [0.29, 0.717) is 30.5 Å². The molecule has 1 N–H and O–H groups in total. The van der Waals surface area contributed by atoms with E-state index in [1.165, 1.54) is 0 Å². The molecule has 0 saturated heterocycles. The Bertz CT molecular complexity index is 838. The minimum atomic E-state index is -0.0161. The molecule has 0 atom stereocenters. The van der Waals surface area contributed by atoms with Crippen LogP contribution in [0.25, 0.3) is 22.1 Å². The van der Waals surface area contributed by atoms with Gasteiger partial charge in [-0.15, -0.1) is 0 Å². The van der Waals surface area contributed by atoms with Crippen molar-refractivity contribution in [1.29, 1.82) is 0 Å². The van der Waals surface area contributed by atoms with Crippen molar-refractivity contribution in [2.24, 2.45) is 0 Å². The van der Waals surface area contributed by atoms with E-state index < -0.39 is 0 Å². The monoisotopic (exact) mass is 464 g/mol. The molecule has 19 heavy (non-hydrogen) atoms. The zero-order valence-electron chi connectivity index (χ0n) is 9.09. The van der Waals surface area contributed by atoms with Crippen LogP contribution < -0.4 is 0 Å². The van der Waals surface area contributed by atoms with Crippen molar-refractivity contribution in [3.8, 4) is 5.75 Å². The highest BCUT2D eigenvalue weighted by Gasteiger charge is 2.17. The van der Waals surface area contributed by atoms with Crippen molar-refractivity contribution in [3.05, 3.63) is 36.6 Å². The molecule has 0 aliphatic rings. The quantitative estimate of drug-likeness (QED) is 0.354. The maximum atomic E-state index is 10.1. The molecule has 1 aromatic heterocycles. The molecular formula is C12H4Br3ClN2O. The first-order valence-corrected chi connectivity index (χ1v) is 7.87. The molecule has 2 aromatic carbocycles.